The maximum absolute atomic E-state index is 12.1. The van der Waals surface area contributed by atoms with Crippen LogP contribution in [0.3, 0.4) is 0 Å². The lowest BCUT2D eigenvalue weighted by molar-refractivity contribution is 0.102. The third kappa shape index (κ3) is 2.06. The molecule has 0 aliphatic heterocycles. The topological polar surface area (TPSA) is 57.8 Å². The highest BCUT2D eigenvalue weighted by molar-refractivity contribution is 9.10. The number of nitrogens with zero attached hydrogens (tertiary/aromatic N) is 1. The number of halogens is 1. The first kappa shape index (κ1) is 11.5. The molecule has 18 heavy (non-hydrogen) atoms. The Bertz CT molecular complexity index is 589. The summed E-state index contributed by atoms with van der Waals surface area (Å²) in [6.07, 6.45) is 3.03. The van der Waals surface area contributed by atoms with E-state index in [9.17, 15) is 4.79 Å². The summed E-state index contributed by atoms with van der Waals surface area (Å²) in [5.41, 5.74) is 3.49. The summed E-state index contributed by atoms with van der Waals surface area (Å²) >= 11 is 3.36. The van der Waals surface area contributed by atoms with E-state index in [0.29, 0.717) is 5.69 Å². The predicted octanol–water partition coefficient (Wildman–Crippen LogP) is 2.91. The summed E-state index contributed by atoms with van der Waals surface area (Å²) in [5.74, 6) is -0.142. The fraction of sp³-hybridized carbons (Fsp3) is 0.231. The SMILES string of the molecule is O=C(Nc1ccc(Br)cc1)c1n[nH]c2c1CCC2. The molecule has 1 aromatic carbocycles. The number of nitrogens with one attached hydrogen (secondary N) is 2. The van der Waals surface area contributed by atoms with Crippen molar-refractivity contribution in [3.63, 3.8) is 0 Å². The minimum Gasteiger partial charge on any atom is -0.321 e. The molecule has 1 aliphatic carbocycles. The van der Waals surface area contributed by atoms with Crippen molar-refractivity contribution >= 4 is 27.5 Å². The minimum absolute atomic E-state index is 0.142. The van der Waals surface area contributed by atoms with E-state index in [1.165, 1.54) is 0 Å². The molecule has 0 saturated carbocycles. The van der Waals surface area contributed by atoms with E-state index in [4.69, 9.17) is 0 Å². The van der Waals surface area contributed by atoms with Crippen LogP contribution in [-0.4, -0.2) is 16.1 Å². The number of carbonyl (C=O) groups is 1. The number of fused-ring (bicyclic) bond motifs is 1. The lowest BCUT2D eigenvalue weighted by Gasteiger charge is -2.04. The number of anilines is 1. The van der Waals surface area contributed by atoms with Crippen LogP contribution in [0.5, 0.6) is 0 Å². The molecule has 0 fully saturated rings. The maximum atomic E-state index is 12.1. The van der Waals surface area contributed by atoms with Gasteiger partial charge in [0.2, 0.25) is 0 Å². The molecule has 3 rings (SSSR count). The standard InChI is InChI=1S/C13H12BrN3O/c14-8-4-6-9(7-5-8)15-13(18)12-10-2-1-3-11(10)16-17-12/h4-7H,1-3H2,(H,15,18)(H,16,17). The van der Waals surface area contributed by atoms with Gasteiger partial charge in [-0.25, -0.2) is 0 Å². The number of rotatable bonds is 2. The van der Waals surface area contributed by atoms with E-state index < -0.39 is 0 Å². The van der Waals surface area contributed by atoms with Gasteiger partial charge in [0.15, 0.2) is 5.69 Å². The molecule has 0 atom stereocenters. The number of carbonyl (C=O) groups excluding carboxylic acids is 1. The normalized spacial score (nSPS) is 13.4. The van der Waals surface area contributed by atoms with Crippen molar-refractivity contribution in [2.24, 2.45) is 0 Å². The fourth-order valence-electron chi connectivity index (χ4n) is 2.23. The highest BCUT2D eigenvalue weighted by Crippen LogP contribution is 2.23. The van der Waals surface area contributed by atoms with Crippen LogP contribution in [0, 0.1) is 0 Å². The van der Waals surface area contributed by atoms with Crippen LogP contribution in [0.2, 0.25) is 0 Å². The molecule has 92 valence electrons. The third-order valence-electron chi connectivity index (χ3n) is 3.12. The van der Waals surface area contributed by atoms with Gasteiger partial charge in [-0.05, 0) is 43.5 Å². The number of aromatic amines is 1. The molecular weight excluding hydrogens is 294 g/mol. The number of H-pyrrole nitrogens is 1. The van der Waals surface area contributed by atoms with Crippen molar-refractivity contribution in [3.05, 3.63) is 45.7 Å². The average molecular weight is 306 g/mol. The number of hydrogen-bond acceptors (Lipinski definition) is 2. The van der Waals surface area contributed by atoms with E-state index in [0.717, 1.165) is 40.7 Å². The van der Waals surface area contributed by atoms with Crippen LogP contribution < -0.4 is 5.32 Å². The quantitative estimate of drug-likeness (QED) is 0.896. The van der Waals surface area contributed by atoms with Gasteiger partial charge in [0.1, 0.15) is 0 Å². The van der Waals surface area contributed by atoms with Crippen molar-refractivity contribution in [3.8, 4) is 0 Å². The van der Waals surface area contributed by atoms with Gasteiger partial charge in [-0.3, -0.25) is 9.89 Å². The average Bonchev–Trinajstić information content (AvgIpc) is 2.93. The molecule has 0 unspecified atom stereocenters. The van der Waals surface area contributed by atoms with Crippen molar-refractivity contribution in [1.82, 2.24) is 10.2 Å². The first-order chi connectivity index (χ1) is 8.74. The second-order valence-corrected chi connectivity index (χ2v) is 5.26. The molecule has 1 heterocycles. The Morgan fingerprint density at radius 2 is 2.06 bits per heavy atom. The van der Waals surface area contributed by atoms with E-state index in [-0.39, 0.29) is 5.91 Å². The largest absolute Gasteiger partial charge is 0.321 e. The number of amides is 1. The maximum Gasteiger partial charge on any atom is 0.276 e. The van der Waals surface area contributed by atoms with Crippen molar-refractivity contribution in [1.29, 1.82) is 0 Å². The number of benzene rings is 1. The zero-order valence-electron chi connectivity index (χ0n) is 9.66. The van der Waals surface area contributed by atoms with E-state index in [1.807, 2.05) is 24.3 Å². The molecule has 2 aromatic rings. The Morgan fingerprint density at radius 1 is 1.28 bits per heavy atom. The first-order valence-corrected chi connectivity index (χ1v) is 6.66. The summed E-state index contributed by atoms with van der Waals surface area (Å²) in [6.45, 7) is 0. The van der Waals surface area contributed by atoms with E-state index in [1.54, 1.807) is 0 Å². The Hall–Kier alpha value is -1.62. The van der Waals surface area contributed by atoms with Crippen LogP contribution in [-0.2, 0) is 12.8 Å². The monoisotopic (exact) mass is 305 g/mol. The van der Waals surface area contributed by atoms with E-state index in [2.05, 4.69) is 31.4 Å². The van der Waals surface area contributed by atoms with Crippen molar-refractivity contribution in [2.45, 2.75) is 19.3 Å². The molecule has 1 aliphatic rings. The Morgan fingerprint density at radius 3 is 2.83 bits per heavy atom. The zero-order valence-corrected chi connectivity index (χ0v) is 11.3. The Kier molecular flexibility index (Phi) is 2.91. The number of aromatic nitrogens is 2. The molecule has 1 amide bonds. The summed E-state index contributed by atoms with van der Waals surface area (Å²) < 4.78 is 0.987. The number of aryl methyl sites for hydroxylation is 1. The summed E-state index contributed by atoms with van der Waals surface area (Å²) in [6, 6.07) is 7.50. The zero-order chi connectivity index (χ0) is 12.5. The van der Waals surface area contributed by atoms with Gasteiger partial charge in [0, 0.05) is 21.4 Å². The molecule has 1 aromatic heterocycles. The first-order valence-electron chi connectivity index (χ1n) is 5.87. The second kappa shape index (κ2) is 4.57. The molecular formula is C13H12BrN3O. The smallest absolute Gasteiger partial charge is 0.276 e. The Labute approximate surface area is 113 Å². The molecule has 0 saturated heterocycles. The lowest BCUT2D eigenvalue weighted by Crippen LogP contribution is -2.14. The molecule has 2 N–H and O–H groups in total. The second-order valence-electron chi connectivity index (χ2n) is 4.34. The highest BCUT2D eigenvalue weighted by atomic mass is 79.9. The summed E-state index contributed by atoms with van der Waals surface area (Å²) in [5, 5.41) is 9.91. The van der Waals surface area contributed by atoms with Gasteiger partial charge < -0.3 is 5.32 Å². The van der Waals surface area contributed by atoms with Gasteiger partial charge in [0.25, 0.3) is 5.91 Å². The molecule has 0 radical (unpaired) electrons. The number of hydrogen-bond donors (Lipinski definition) is 2. The van der Waals surface area contributed by atoms with E-state index >= 15 is 0 Å². The van der Waals surface area contributed by atoms with Gasteiger partial charge in [0.05, 0.1) is 0 Å². The molecule has 4 nitrogen and oxygen atoms in total. The molecule has 0 bridgehead atoms. The minimum atomic E-state index is -0.142. The van der Waals surface area contributed by atoms with Crippen LogP contribution >= 0.6 is 15.9 Å². The van der Waals surface area contributed by atoms with Crippen molar-refractivity contribution in [2.75, 3.05) is 5.32 Å². The van der Waals surface area contributed by atoms with Gasteiger partial charge in [-0.1, -0.05) is 15.9 Å². The van der Waals surface area contributed by atoms with Crippen LogP contribution in [0.25, 0.3) is 0 Å². The van der Waals surface area contributed by atoms with Gasteiger partial charge >= 0.3 is 0 Å². The van der Waals surface area contributed by atoms with Crippen LogP contribution in [0.15, 0.2) is 28.7 Å². The van der Waals surface area contributed by atoms with Gasteiger partial charge in [-0.15, -0.1) is 0 Å². The summed E-state index contributed by atoms with van der Waals surface area (Å²) in [7, 11) is 0. The van der Waals surface area contributed by atoms with Gasteiger partial charge in [-0.2, -0.15) is 5.10 Å². The fourth-order valence-corrected chi connectivity index (χ4v) is 2.49. The molecule has 0 spiro atoms. The van der Waals surface area contributed by atoms with Crippen molar-refractivity contribution < 1.29 is 4.79 Å². The third-order valence-corrected chi connectivity index (χ3v) is 3.65. The lowest BCUT2D eigenvalue weighted by atomic mass is 10.2. The van der Waals surface area contributed by atoms with Crippen LogP contribution in [0.1, 0.15) is 28.2 Å². The predicted molar refractivity (Wildman–Crippen MR) is 72.7 cm³/mol. The summed E-state index contributed by atoms with van der Waals surface area (Å²) in [4.78, 5) is 12.1. The Balaban J connectivity index is 1.80. The molecule has 5 heteroatoms. The highest BCUT2D eigenvalue weighted by Gasteiger charge is 2.22. The van der Waals surface area contributed by atoms with Crippen LogP contribution in [0.4, 0.5) is 5.69 Å².